The van der Waals surface area contributed by atoms with E-state index in [0.717, 1.165) is 0 Å². The maximum absolute atomic E-state index is 11.1. The minimum Gasteiger partial charge on any atom is -0.361 e. The highest BCUT2D eigenvalue weighted by Gasteiger charge is 2.23. The number of nitrogens with zero attached hydrogens (tertiary/aromatic N) is 3. The molecule has 8 heteroatoms. The first-order chi connectivity index (χ1) is 8.85. The van der Waals surface area contributed by atoms with E-state index in [2.05, 4.69) is 32.7 Å². The molecule has 0 spiro atoms. The van der Waals surface area contributed by atoms with Gasteiger partial charge in [0.25, 0.3) is 0 Å². The smallest absolute Gasteiger partial charge is 0.354 e. The van der Waals surface area contributed by atoms with E-state index in [-0.39, 0.29) is 22.9 Å². The summed E-state index contributed by atoms with van der Waals surface area (Å²) in [6, 6.07) is 0. The van der Waals surface area contributed by atoms with Crippen molar-refractivity contribution in [2.45, 2.75) is 26.3 Å². The summed E-state index contributed by atoms with van der Waals surface area (Å²) in [5.41, 5.74) is 5.20. The minimum absolute atomic E-state index is 0.112. The van der Waals surface area contributed by atoms with Crippen molar-refractivity contribution < 1.29 is 4.92 Å². The molecule has 0 atom stereocenters. The average molecular weight is 266 g/mol. The lowest BCUT2D eigenvalue weighted by atomic mass is 10.1. The second-order valence-electron chi connectivity index (χ2n) is 4.85. The topological polar surface area (TPSA) is 105 Å². The molecule has 0 amide bonds. The van der Waals surface area contributed by atoms with E-state index >= 15 is 0 Å². The van der Waals surface area contributed by atoms with Gasteiger partial charge in [0, 0.05) is 12.1 Å². The molecule has 3 N–H and O–H groups in total. The third-order valence-corrected chi connectivity index (χ3v) is 1.97. The highest BCUT2D eigenvalue weighted by molar-refractivity contribution is 5.69. The van der Waals surface area contributed by atoms with Gasteiger partial charge in [-0.1, -0.05) is 6.08 Å². The standard InChI is InChI=1S/C11H18N6O2/c1-5-6-12-9-8(17(18)19)10(14-7-13-9)15-16-11(2,3)4/h5,7,16H,1,6H2,2-4H3,(H2,12,13,14,15). The molecule has 0 unspecified atom stereocenters. The van der Waals surface area contributed by atoms with Gasteiger partial charge in [-0.15, -0.1) is 6.58 Å². The fraction of sp³-hybridized carbons (Fsp3) is 0.455. The summed E-state index contributed by atoms with van der Waals surface area (Å²) in [4.78, 5) is 18.3. The van der Waals surface area contributed by atoms with Crippen molar-refractivity contribution in [1.82, 2.24) is 15.4 Å². The summed E-state index contributed by atoms with van der Waals surface area (Å²) in [5, 5.41) is 13.9. The van der Waals surface area contributed by atoms with Gasteiger partial charge < -0.3 is 5.32 Å². The number of hydrazine groups is 1. The van der Waals surface area contributed by atoms with Crippen LogP contribution in [0.2, 0.25) is 0 Å². The highest BCUT2D eigenvalue weighted by atomic mass is 16.6. The number of rotatable bonds is 6. The molecule has 0 aliphatic heterocycles. The van der Waals surface area contributed by atoms with Crippen LogP contribution in [-0.2, 0) is 0 Å². The number of nitrogens with one attached hydrogen (secondary N) is 3. The lowest BCUT2D eigenvalue weighted by Crippen LogP contribution is -2.40. The van der Waals surface area contributed by atoms with Crippen LogP contribution < -0.4 is 16.2 Å². The van der Waals surface area contributed by atoms with Crippen LogP contribution in [0.15, 0.2) is 19.0 Å². The predicted octanol–water partition coefficient (Wildman–Crippen LogP) is 1.70. The zero-order chi connectivity index (χ0) is 14.5. The lowest BCUT2D eigenvalue weighted by Gasteiger charge is -2.21. The Bertz CT molecular complexity index is 469. The van der Waals surface area contributed by atoms with E-state index in [9.17, 15) is 10.1 Å². The second kappa shape index (κ2) is 6.10. The third-order valence-electron chi connectivity index (χ3n) is 1.97. The Kier molecular flexibility index (Phi) is 4.76. The second-order valence-corrected chi connectivity index (χ2v) is 4.85. The first-order valence-electron chi connectivity index (χ1n) is 5.72. The number of nitro groups is 1. The van der Waals surface area contributed by atoms with Crippen LogP contribution in [0.5, 0.6) is 0 Å². The van der Waals surface area contributed by atoms with E-state index in [1.54, 1.807) is 6.08 Å². The Hall–Kier alpha value is -2.22. The summed E-state index contributed by atoms with van der Waals surface area (Å²) in [7, 11) is 0. The SMILES string of the molecule is C=CCNc1ncnc(NNC(C)(C)C)c1[N+](=O)[O-]. The van der Waals surface area contributed by atoms with Gasteiger partial charge in [0.05, 0.1) is 4.92 Å². The first-order valence-corrected chi connectivity index (χ1v) is 5.72. The van der Waals surface area contributed by atoms with E-state index in [0.29, 0.717) is 6.54 Å². The normalized spacial score (nSPS) is 10.9. The molecule has 104 valence electrons. The Morgan fingerprint density at radius 2 is 2.05 bits per heavy atom. The van der Waals surface area contributed by atoms with Gasteiger partial charge in [-0.05, 0) is 20.8 Å². The Morgan fingerprint density at radius 1 is 1.42 bits per heavy atom. The molecule has 0 aliphatic rings. The number of hydrogen-bond donors (Lipinski definition) is 3. The summed E-state index contributed by atoms with van der Waals surface area (Å²) in [6.45, 7) is 9.68. The van der Waals surface area contributed by atoms with E-state index in [4.69, 9.17) is 0 Å². The molecule has 0 saturated carbocycles. The van der Waals surface area contributed by atoms with Crippen molar-refractivity contribution in [3.63, 3.8) is 0 Å². The van der Waals surface area contributed by atoms with Crippen molar-refractivity contribution in [3.8, 4) is 0 Å². The molecule has 1 heterocycles. The van der Waals surface area contributed by atoms with Crippen molar-refractivity contribution in [1.29, 1.82) is 0 Å². The molecule has 0 bridgehead atoms. The quantitative estimate of drug-likeness (QED) is 0.409. The minimum atomic E-state index is -0.530. The molecule has 0 saturated heterocycles. The molecule has 19 heavy (non-hydrogen) atoms. The largest absolute Gasteiger partial charge is 0.361 e. The molecule has 0 aliphatic carbocycles. The molecule has 0 radical (unpaired) electrons. The molecule has 0 fully saturated rings. The van der Waals surface area contributed by atoms with E-state index in [1.807, 2.05) is 20.8 Å². The molecular weight excluding hydrogens is 248 g/mol. The van der Waals surface area contributed by atoms with Crippen molar-refractivity contribution in [2.24, 2.45) is 0 Å². The van der Waals surface area contributed by atoms with Gasteiger partial charge in [0.1, 0.15) is 6.33 Å². The zero-order valence-electron chi connectivity index (χ0n) is 11.2. The first kappa shape index (κ1) is 14.8. The predicted molar refractivity (Wildman–Crippen MR) is 73.9 cm³/mol. The van der Waals surface area contributed by atoms with Crippen LogP contribution >= 0.6 is 0 Å². The van der Waals surface area contributed by atoms with Gasteiger partial charge >= 0.3 is 5.69 Å². The number of anilines is 2. The van der Waals surface area contributed by atoms with Gasteiger partial charge in [-0.3, -0.25) is 15.5 Å². The number of aromatic nitrogens is 2. The monoisotopic (exact) mass is 266 g/mol. The maximum atomic E-state index is 11.1. The molecule has 1 aromatic rings. The van der Waals surface area contributed by atoms with Crippen LogP contribution in [0, 0.1) is 10.1 Å². The van der Waals surface area contributed by atoms with Crippen LogP contribution in [-0.4, -0.2) is 27.0 Å². The fourth-order valence-corrected chi connectivity index (χ4v) is 1.19. The van der Waals surface area contributed by atoms with Gasteiger partial charge in [0.15, 0.2) is 0 Å². The number of hydrogen-bond acceptors (Lipinski definition) is 7. The zero-order valence-corrected chi connectivity index (χ0v) is 11.2. The van der Waals surface area contributed by atoms with Crippen molar-refractivity contribution in [2.75, 3.05) is 17.3 Å². The van der Waals surface area contributed by atoms with E-state index < -0.39 is 4.92 Å². The van der Waals surface area contributed by atoms with Crippen molar-refractivity contribution >= 4 is 17.3 Å². The summed E-state index contributed by atoms with van der Waals surface area (Å²) in [5.74, 6) is 0.264. The third kappa shape index (κ3) is 4.51. The van der Waals surface area contributed by atoms with Crippen LogP contribution in [0.4, 0.5) is 17.3 Å². The fourth-order valence-electron chi connectivity index (χ4n) is 1.19. The van der Waals surface area contributed by atoms with Crippen LogP contribution in [0.3, 0.4) is 0 Å². The van der Waals surface area contributed by atoms with Gasteiger partial charge in [-0.25, -0.2) is 15.4 Å². The van der Waals surface area contributed by atoms with Crippen LogP contribution in [0.1, 0.15) is 20.8 Å². The lowest BCUT2D eigenvalue weighted by molar-refractivity contribution is -0.383. The Labute approximate surface area is 111 Å². The average Bonchev–Trinajstić information content (AvgIpc) is 2.32. The molecule has 1 aromatic heterocycles. The molecule has 8 nitrogen and oxygen atoms in total. The molecule has 1 rings (SSSR count). The highest BCUT2D eigenvalue weighted by Crippen LogP contribution is 2.28. The maximum Gasteiger partial charge on any atom is 0.354 e. The molecule has 0 aromatic carbocycles. The van der Waals surface area contributed by atoms with Crippen molar-refractivity contribution in [3.05, 3.63) is 29.1 Å². The summed E-state index contributed by atoms with van der Waals surface area (Å²) >= 11 is 0. The Morgan fingerprint density at radius 3 is 2.58 bits per heavy atom. The van der Waals surface area contributed by atoms with Gasteiger partial charge in [-0.2, -0.15) is 0 Å². The van der Waals surface area contributed by atoms with E-state index in [1.165, 1.54) is 6.33 Å². The van der Waals surface area contributed by atoms with Gasteiger partial charge in [0.2, 0.25) is 11.6 Å². The molecular formula is C11H18N6O2. The van der Waals surface area contributed by atoms with Crippen LogP contribution in [0.25, 0.3) is 0 Å². The summed E-state index contributed by atoms with van der Waals surface area (Å²) < 4.78 is 0. The summed E-state index contributed by atoms with van der Waals surface area (Å²) in [6.07, 6.45) is 2.84. The Balaban J connectivity index is 3.02.